The van der Waals surface area contributed by atoms with Gasteiger partial charge >= 0.3 is 0 Å². The minimum atomic E-state index is -0.0923. The van der Waals surface area contributed by atoms with E-state index in [1.54, 1.807) is 22.9 Å². The molecule has 6 heteroatoms. The Morgan fingerprint density at radius 2 is 1.96 bits per heavy atom. The van der Waals surface area contributed by atoms with Crippen molar-refractivity contribution in [3.63, 3.8) is 0 Å². The van der Waals surface area contributed by atoms with E-state index < -0.39 is 0 Å². The molecule has 6 nitrogen and oxygen atoms in total. The highest BCUT2D eigenvalue weighted by molar-refractivity contribution is 5.98. The number of rotatable bonds is 4. The minimum absolute atomic E-state index is 0.0923. The molecule has 0 unspecified atom stereocenters. The van der Waals surface area contributed by atoms with Crippen LogP contribution in [0.15, 0.2) is 24.3 Å². The molecule has 1 aliphatic heterocycles. The number of nitrogens with zero attached hydrogens (tertiary/aromatic N) is 4. The third kappa shape index (κ3) is 3.06. The van der Waals surface area contributed by atoms with Crippen molar-refractivity contribution < 1.29 is 9.90 Å². The van der Waals surface area contributed by atoms with Crippen molar-refractivity contribution in [1.82, 2.24) is 19.9 Å². The molecule has 1 N–H and O–H groups in total. The quantitative estimate of drug-likeness (QED) is 0.942. The van der Waals surface area contributed by atoms with Gasteiger partial charge in [0.1, 0.15) is 11.4 Å². The summed E-state index contributed by atoms with van der Waals surface area (Å²) in [6, 6.07) is 7.02. The van der Waals surface area contributed by atoms with Crippen LogP contribution in [0.25, 0.3) is 11.3 Å². The van der Waals surface area contributed by atoms with Crippen molar-refractivity contribution in [2.24, 2.45) is 0 Å². The van der Waals surface area contributed by atoms with Gasteiger partial charge in [0.2, 0.25) is 0 Å². The molecule has 0 aliphatic carbocycles. The standard InChI is InChI=1S/C17H22N4O2/c1-2-10-21-16(13-8-4-5-9-14(13)22)15(18-19-21)17(23)20-11-6-3-7-12-20/h4-5,8-9,22H,2-3,6-7,10-12H2,1H3. The number of carbonyl (C=O) groups is 1. The van der Waals surface area contributed by atoms with E-state index in [1.807, 2.05) is 17.9 Å². The molecule has 1 aliphatic rings. The van der Waals surface area contributed by atoms with Crippen molar-refractivity contribution in [2.75, 3.05) is 13.1 Å². The maximum Gasteiger partial charge on any atom is 0.276 e. The van der Waals surface area contributed by atoms with Gasteiger partial charge in [0.15, 0.2) is 5.69 Å². The number of phenols is 1. The van der Waals surface area contributed by atoms with E-state index in [2.05, 4.69) is 10.3 Å². The molecule has 1 aromatic heterocycles. The second-order valence-corrected chi connectivity index (χ2v) is 5.88. The Labute approximate surface area is 135 Å². The average molecular weight is 314 g/mol. The normalized spacial score (nSPS) is 14.9. The van der Waals surface area contributed by atoms with Crippen LogP contribution in [0.4, 0.5) is 0 Å². The molecule has 0 bridgehead atoms. The van der Waals surface area contributed by atoms with E-state index in [1.165, 1.54) is 6.42 Å². The number of para-hydroxylation sites is 1. The SMILES string of the molecule is CCCn1nnc(C(=O)N2CCCCC2)c1-c1ccccc1O. The van der Waals surface area contributed by atoms with Gasteiger partial charge in [-0.15, -0.1) is 5.10 Å². The zero-order valence-corrected chi connectivity index (χ0v) is 13.4. The maximum absolute atomic E-state index is 12.9. The molecule has 1 saturated heterocycles. The first-order valence-electron chi connectivity index (χ1n) is 8.23. The number of hydrogen-bond donors (Lipinski definition) is 1. The molecule has 1 fully saturated rings. The summed E-state index contributed by atoms with van der Waals surface area (Å²) in [7, 11) is 0. The van der Waals surface area contributed by atoms with Gasteiger partial charge < -0.3 is 10.0 Å². The van der Waals surface area contributed by atoms with Gasteiger partial charge in [0, 0.05) is 25.2 Å². The highest BCUT2D eigenvalue weighted by Crippen LogP contribution is 2.31. The largest absolute Gasteiger partial charge is 0.507 e. The number of benzene rings is 1. The number of likely N-dealkylation sites (tertiary alicyclic amines) is 1. The monoisotopic (exact) mass is 314 g/mol. The highest BCUT2D eigenvalue weighted by atomic mass is 16.3. The Bertz CT molecular complexity index is 690. The molecule has 0 saturated carbocycles. The zero-order valence-electron chi connectivity index (χ0n) is 13.4. The van der Waals surface area contributed by atoms with E-state index >= 15 is 0 Å². The Morgan fingerprint density at radius 3 is 2.65 bits per heavy atom. The second-order valence-electron chi connectivity index (χ2n) is 5.88. The molecule has 2 heterocycles. The Balaban J connectivity index is 2.03. The summed E-state index contributed by atoms with van der Waals surface area (Å²) in [6.45, 7) is 4.23. The third-order valence-corrected chi connectivity index (χ3v) is 4.18. The van der Waals surface area contributed by atoms with Crippen LogP contribution < -0.4 is 0 Å². The molecule has 23 heavy (non-hydrogen) atoms. The molecule has 1 aromatic carbocycles. The maximum atomic E-state index is 12.9. The van der Waals surface area contributed by atoms with Crippen molar-refractivity contribution >= 4 is 5.91 Å². The van der Waals surface area contributed by atoms with Gasteiger partial charge in [-0.05, 0) is 37.8 Å². The van der Waals surface area contributed by atoms with E-state index in [-0.39, 0.29) is 11.7 Å². The summed E-state index contributed by atoms with van der Waals surface area (Å²) in [4.78, 5) is 14.7. The summed E-state index contributed by atoms with van der Waals surface area (Å²) >= 11 is 0. The van der Waals surface area contributed by atoms with Crippen LogP contribution in [-0.4, -0.2) is 44.0 Å². The van der Waals surface area contributed by atoms with Crippen molar-refractivity contribution in [3.05, 3.63) is 30.0 Å². The van der Waals surface area contributed by atoms with Crippen molar-refractivity contribution in [2.45, 2.75) is 39.2 Å². The lowest BCUT2D eigenvalue weighted by Crippen LogP contribution is -2.36. The number of amides is 1. The fraction of sp³-hybridized carbons (Fsp3) is 0.471. The predicted molar refractivity (Wildman–Crippen MR) is 87.2 cm³/mol. The van der Waals surface area contributed by atoms with Crippen LogP contribution in [-0.2, 0) is 6.54 Å². The fourth-order valence-electron chi connectivity index (χ4n) is 3.01. The van der Waals surface area contributed by atoms with Gasteiger partial charge in [-0.3, -0.25) is 4.79 Å². The number of hydrogen-bond acceptors (Lipinski definition) is 4. The van der Waals surface area contributed by atoms with Gasteiger partial charge in [-0.25, -0.2) is 4.68 Å². The third-order valence-electron chi connectivity index (χ3n) is 4.18. The first kappa shape index (κ1) is 15.5. The van der Waals surface area contributed by atoms with Crippen molar-refractivity contribution in [1.29, 1.82) is 0 Å². The first-order chi connectivity index (χ1) is 11.2. The summed E-state index contributed by atoms with van der Waals surface area (Å²) < 4.78 is 1.71. The summed E-state index contributed by atoms with van der Waals surface area (Å²) in [5, 5.41) is 18.5. The highest BCUT2D eigenvalue weighted by Gasteiger charge is 2.27. The fourth-order valence-corrected chi connectivity index (χ4v) is 3.01. The lowest BCUT2D eigenvalue weighted by molar-refractivity contribution is 0.0719. The van der Waals surface area contributed by atoms with Crippen molar-refractivity contribution in [3.8, 4) is 17.0 Å². The topological polar surface area (TPSA) is 71.2 Å². The first-order valence-corrected chi connectivity index (χ1v) is 8.23. The lowest BCUT2D eigenvalue weighted by Gasteiger charge is -2.26. The molecule has 1 amide bonds. The smallest absolute Gasteiger partial charge is 0.276 e. The Morgan fingerprint density at radius 1 is 1.22 bits per heavy atom. The van der Waals surface area contributed by atoms with Crippen LogP contribution in [0.3, 0.4) is 0 Å². The van der Waals surface area contributed by atoms with E-state index in [9.17, 15) is 9.90 Å². The molecular weight excluding hydrogens is 292 g/mol. The molecule has 3 rings (SSSR count). The lowest BCUT2D eigenvalue weighted by atomic mass is 10.1. The Kier molecular flexibility index (Phi) is 4.60. The van der Waals surface area contributed by atoms with Gasteiger partial charge in [0.25, 0.3) is 5.91 Å². The number of piperidine rings is 1. The molecular formula is C17H22N4O2. The molecule has 0 spiro atoms. The van der Waals surface area contributed by atoms with Crippen LogP contribution in [0, 0.1) is 0 Å². The van der Waals surface area contributed by atoms with Crippen LogP contribution in [0.1, 0.15) is 43.1 Å². The number of carbonyl (C=O) groups excluding carboxylic acids is 1. The number of aromatic nitrogens is 3. The second kappa shape index (κ2) is 6.81. The number of aryl methyl sites for hydroxylation is 1. The molecule has 2 aromatic rings. The van der Waals surface area contributed by atoms with Crippen LogP contribution >= 0.6 is 0 Å². The van der Waals surface area contributed by atoms with Gasteiger partial charge in [0.05, 0.1) is 0 Å². The Hall–Kier alpha value is -2.37. The van der Waals surface area contributed by atoms with Crippen LogP contribution in [0.2, 0.25) is 0 Å². The van der Waals surface area contributed by atoms with Gasteiger partial charge in [-0.1, -0.05) is 24.3 Å². The number of aromatic hydroxyl groups is 1. The summed E-state index contributed by atoms with van der Waals surface area (Å²) in [5.41, 5.74) is 1.55. The molecule has 122 valence electrons. The predicted octanol–water partition coefficient (Wildman–Crippen LogP) is 2.69. The summed E-state index contributed by atoms with van der Waals surface area (Å²) in [5.74, 6) is 0.0464. The zero-order chi connectivity index (χ0) is 16.2. The molecule has 0 atom stereocenters. The summed E-state index contributed by atoms with van der Waals surface area (Å²) in [6.07, 6.45) is 4.10. The van der Waals surface area contributed by atoms with E-state index in [4.69, 9.17) is 0 Å². The molecule has 0 radical (unpaired) electrons. The number of phenolic OH excluding ortho intramolecular Hbond substituents is 1. The minimum Gasteiger partial charge on any atom is -0.507 e. The van der Waals surface area contributed by atoms with Gasteiger partial charge in [-0.2, -0.15) is 0 Å². The van der Waals surface area contributed by atoms with Crippen LogP contribution in [0.5, 0.6) is 5.75 Å². The van der Waals surface area contributed by atoms with E-state index in [0.717, 1.165) is 32.4 Å². The average Bonchev–Trinajstić information content (AvgIpc) is 2.99. The van der Waals surface area contributed by atoms with E-state index in [0.29, 0.717) is 23.5 Å².